The Kier molecular flexibility index (Phi) is 3.98. The van der Waals surface area contributed by atoms with E-state index < -0.39 is 0 Å². The lowest BCUT2D eigenvalue weighted by atomic mass is 9.90. The van der Waals surface area contributed by atoms with E-state index in [2.05, 4.69) is 21.2 Å². The van der Waals surface area contributed by atoms with Gasteiger partial charge in [0.25, 0.3) is 0 Å². The molecule has 0 amide bonds. The van der Waals surface area contributed by atoms with Crippen LogP contribution in [0, 0.1) is 18.7 Å². The fourth-order valence-electron chi connectivity index (χ4n) is 2.27. The summed E-state index contributed by atoms with van der Waals surface area (Å²) in [6, 6.07) is 3.56. The molecule has 0 bridgehead atoms. The van der Waals surface area contributed by atoms with Crippen molar-refractivity contribution in [2.45, 2.75) is 26.2 Å². The fraction of sp³-hybridized carbons (Fsp3) is 0.538. The molecule has 0 radical (unpaired) electrons. The molecule has 0 aromatic heterocycles. The second-order valence-corrected chi connectivity index (χ2v) is 5.44. The summed E-state index contributed by atoms with van der Waals surface area (Å²) < 4.78 is 14.6. The average Bonchev–Trinajstić information content (AvgIpc) is 2.27. The monoisotopic (exact) mass is 285 g/mol. The second-order valence-electron chi connectivity index (χ2n) is 4.59. The highest BCUT2D eigenvalue weighted by Crippen LogP contribution is 2.25. The van der Waals surface area contributed by atoms with Crippen LogP contribution in [0.15, 0.2) is 16.6 Å². The van der Waals surface area contributed by atoms with Crippen molar-refractivity contribution in [3.8, 4) is 0 Å². The van der Waals surface area contributed by atoms with E-state index in [-0.39, 0.29) is 5.82 Å². The summed E-state index contributed by atoms with van der Waals surface area (Å²) in [6.45, 7) is 4.15. The predicted molar refractivity (Wildman–Crippen MR) is 68.1 cm³/mol. The van der Waals surface area contributed by atoms with Gasteiger partial charge in [0, 0.05) is 4.47 Å². The van der Waals surface area contributed by atoms with E-state index in [4.69, 9.17) is 0 Å². The molecule has 2 rings (SSSR count). The van der Waals surface area contributed by atoms with E-state index in [1.807, 2.05) is 13.0 Å². The lowest BCUT2D eigenvalue weighted by Crippen LogP contribution is -2.28. The molecule has 1 aliphatic rings. The number of benzene rings is 1. The van der Waals surface area contributed by atoms with Crippen LogP contribution in [0.3, 0.4) is 0 Å². The molecule has 0 aliphatic carbocycles. The highest BCUT2D eigenvalue weighted by molar-refractivity contribution is 9.10. The molecule has 1 heterocycles. The smallest absolute Gasteiger partial charge is 0.127 e. The van der Waals surface area contributed by atoms with Gasteiger partial charge in [-0.1, -0.05) is 22.0 Å². The molecule has 1 nitrogen and oxygen atoms in total. The Hall–Kier alpha value is -0.410. The van der Waals surface area contributed by atoms with Crippen molar-refractivity contribution in [2.24, 2.45) is 5.92 Å². The number of rotatable bonds is 2. The molecule has 0 atom stereocenters. The number of piperidine rings is 1. The van der Waals surface area contributed by atoms with Crippen molar-refractivity contribution in [3.63, 3.8) is 0 Å². The number of nitrogens with one attached hydrogen (secondary N) is 1. The Morgan fingerprint density at radius 1 is 1.38 bits per heavy atom. The van der Waals surface area contributed by atoms with Crippen LogP contribution in [0.1, 0.15) is 24.0 Å². The van der Waals surface area contributed by atoms with Crippen LogP contribution in [-0.4, -0.2) is 13.1 Å². The van der Waals surface area contributed by atoms with Gasteiger partial charge in [0.15, 0.2) is 0 Å². The normalized spacial score (nSPS) is 17.7. The number of aryl methyl sites for hydroxylation is 1. The van der Waals surface area contributed by atoms with Gasteiger partial charge in [-0.15, -0.1) is 0 Å². The molecule has 16 heavy (non-hydrogen) atoms. The zero-order valence-electron chi connectivity index (χ0n) is 9.52. The van der Waals surface area contributed by atoms with Crippen molar-refractivity contribution >= 4 is 15.9 Å². The van der Waals surface area contributed by atoms with E-state index in [0.717, 1.165) is 48.0 Å². The lowest BCUT2D eigenvalue weighted by Gasteiger charge is -2.23. The summed E-state index contributed by atoms with van der Waals surface area (Å²) in [6.07, 6.45) is 3.20. The van der Waals surface area contributed by atoms with E-state index in [9.17, 15) is 4.39 Å². The Balaban J connectivity index is 2.11. The third-order valence-corrected chi connectivity index (χ3v) is 4.15. The van der Waals surface area contributed by atoms with Crippen molar-refractivity contribution in [1.29, 1.82) is 0 Å². The van der Waals surface area contributed by atoms with Gasteiger partial charge >= 0.3 is 0 Å². The topological polar surface area (TPSA) is 12.0 Å². The summed E-state index contributed by atoms with van der Waals surface area (Å²) in [7, 11) is 0. The largest absolute Gasteiger partial charge is 0.317 e. The minimum absolute atomic E-state index is 0.0731. The maximum atomic E-state index is 13.7. The summed E-state index contributed by atoms with van der Waals surface area (Å²) >= 11 is 3.36. The summed E-state index contributed by atoms with van der Waals surface area (Å²) in [5.41, 5.74) is 1.98. The van der Waals surface area contributed by atoms with Gasteiger partial charge in [-0.2, -0.15) is 0 Å². The second kappa shape index (κ2) is 5.28. The molecular weight excluding hydrogens is 269 g/mol. The van der Waals surface area contributed by atoms with E-state index in [1.54, 1.807) is 6.07 Å². The molecule has 1 saturated heterocycles. The van der Waals surface area contributed by atoms with Crippen molar-refractivity contribution in [1.82, 2.24) is 5.32 Å². The van der Waals surface area contributed by atoms with Gasteiger partial charge in [-0.25, -0.2) is 4.39 Å². The zero-order chi connectivity index (χ0) is 11.5. The molecule has 3 heteroatoms. The maximum Gasteiger partial charge on any atom is 0.127 e. The zero-order valence-corrected chi connectivity index (χ0v) is 11.1. The van der Waals surface area contributed by atoms with E-state index >= 15 is 0 Å². The van der Waals surface area contributed by atoms with Crippen LogP contribution in [0.5, 0.6) is 0 Å². The van der Waals surface area contributed by atoms with Crippen LogP contribution in [0.4, 0.5) is 4.39 Å². The standard InChI is InChI=1S/C13H17BrFN/c1-9-6-11(13(15)8-12(9)14)7-10-2-4-16-5-3-10/h6,8,10,16H,2-5,7H2,1H3. The fourth-order valence-corrected chi connectivity index (χ4v) is 2.59. The first-order valence-corrected chi connectivity index (χ1v) is 6.61. The van der Waals surface area contributed by atoms with Crippen LogP contribution >= 0.6 is 15.9 Å². The average molecular weight is 286 g/mol. The Morgan fingerprint density at radius 3 is 2.75 bits per heavy atom. The number of halogens is 2. The summed E-state index contributed by atoms with van der Waals surface area (Å²) in [5.74, 6) is 0.562. The van der Waals surface area contributed by atoms with Gasteiger partial charge < -0.3 is 5.32 Å². The first kappa shape index (κ1) is 12.1. The molecule has 1 fully saturated rings. The van der Waals surface area contributed by atoms with Gasteiger partial charge in [0.2, 0.25) is 0 Å². The Bertz CT molecular complexity index is 372. The van der Waals surface area contributed by atoms with Crippen LogP contribution in [0.2, 0.25) is 0 Å². The third-order valence-electron chi connectivity index (χ3n) is 3.29. The van der Waals surface area contributed by atoms with Crippen molar-refractivity contribution < 1.29 is 4.39 Å². The third kappa shape index (κ3) is 2.83. The summed E-state index contributed by atoms with van der Waals surface area (Å²) in [4.78, 5) is 0. The molecule has 1 N–H and O–H groups in total. The predicted octanol–water partition coefficient (Wildman–Crippen LogP) is 3.44. The molecule has 1 aromatic rings. The van der Waals surface area contributed by atoms with Gasteiger partial charge in [0.05, 0.1) is 0 Å². The van der Waals surface area contributed by atoms with Gasteiger partial charge in [-0.05, 0) is 62.4 Å². The Labute approximate surface area is 105 Å². The van der Waals surface area contributed by atoms with Crippen LogP contribution in [-0.2, 0) is 6.42 Å². The minimum atomic E-state index is -0.0731. The number of hydrogen-bond acceptors (Lipinski definition) is 1. The first-order valence-electron chi connectivity index (χ1n) is 5.82. The lowest BCUT2D eigenvalue weighted by molar-refractivity contribution is 0.368. The van der Waals surface area contributed by atoms with Crippen molar-refractivity contribution in [2.75, 3.05) is 13.1 Å². The molecule has 0 unspecified atom stereocenters. The van der Waals surface area contributed by atoms with E-state index in [1.165, 1.54) is 0 Å². The van der Waals surface area contributed by atoms with Crippen LogP contribution in [0.25, 0.3) is 0 Å². The first-order chi connectivity index (χ1) is 7.66. The van der Waals surface area contributed by atoms with Crippen molar-refractivity contribution in [3.05, 3.63) is 33.5 Å². The highest BCUT2D eigenvalue weighted by Gasteiger charge is 2.16. The molecule has 0 saturated carbocycles. The van der Waals surface area contributed by atoms with Gasteiger partial charge in [-0.3, -0.25) is 0 Å². The molecule has 1 aromatic carbocycles. The van der Waals surface area contributed by atoms with Gasteiger partial charge in [0.1, 0.15) is 5.82 Å². The highest BCUT2D eigenvalue weighted by atomic mass is 79.9. The minimum Gasteiger partial charge on any atom is -0.317 e. The summed E-state index contributed by atoms with van der Waals surface area (Å²) in [5, 5.41) is 3.33. The molecule has 1 aliphatic heterocycles. The number of hydrogen-bond donors (Lipinski definition) is 1. The SMILES string of the molecule is Cc1cc(CC2CCNCC2)c(F)cc1Br. The Morgan fingerprint density at radius 2 is 2.06 bits per heavy atom. The van der Waals surface area contributed by atoms with E-state index in [0.29, 0.717) is 5.92 Å². The quantitative estimate of drug-likeness (QED) is 0.878. The molecule has 88 valence electrons. The maximum absolute atomic E-state index is 13.7. The molecular formula is C13H17BrFN. The van der Waals surface area contributed by atoms with Crippen LogP contribution < -0.4 is 5.32 Å². The molecule has 0 spiro atoms.